The van der Waals surface area contributed by atoms with Gasteiger partial charge < -0.3 is 5.32 Å². The minimum Gasteiger partial charge on any atom is -0.308 e. The van der Waals surface area contributed by atoms with E-state index in [4.69, 9.17) is 23.2 Å². The van der Waals surface area contributed by atoms with Crippen molar-refractivity contribution < 1.29 is 0 Å². The molecule has 0 spiro atoms. The van der Waals surface area contributed by atoms with Gasteiger partial charge in [0.05, 0.1) is 11.1 Å². The van der Waals surface area contributed by atoms with Crippen molar-refractivity contribution in [3.05, 3.63) is 33.3 Å². The number of aromatic nitrogens is 2. The van der Waals surface area contributed by atoms with E-state index in [0.717, 1.165) is 35.0 Å². The molecule has 1 aromatic heterocycles. The zero-order valence-corrected chi connectivity index (χ0v) is 13.8. The van der Waals surface area contributed by atoms with Gasteiger partial charge in [-0.3, -0.25) is 0 Å². The normalized spacial score (nSPS) is 12.6. The molecule has 1 aromatic carbocycles. The Morgan fingerprint density at radius 1 is 1.25 bits per heavy atom. The Balaban J connectivity index is 2.25. The standard InChI is InChI=1S/C14H17Cl2N3S/c1-3-7-17-12(4-2)14-19-18-13(20-14)10-8-9(15)5-6-11(10)16/h5-6,8,12,17H,3-4,7H2,1-2H3. The van der Waals surface area contributed by atoms with Crippen LogP contribution in [0, 0.1) is 0 Å². The van der Waals surface area contributed by atoms with E-state index in [0.29, 0.717) is 10.0 Å². The lowest BCUT2D eigenvalue weighted by molar-refractivity contribution is 0.513. The summed E-state index contributed by atoms with van der Waals surface area (Å²) in [6, 6.07) is 5.63. The number of halogens is 2. The van der Waals surface area contributed by atoms with Crippen LogP contribution in [0.3, 0.4) is 0 Å². The van der Waals surface area contributed by atoms with Gasteiger partial charge in [0.15, 0.2) is 0 Å². The molecule has 0 aliphatic heterocycles. The summed E-state index contributed by atoms with van der Waals surface area (Å²) >= 11 is 13.8. The third-order valence-corrected chi connectivity index (χ3v) is 4.58. The van der Waals surface area contributed by atoms with Gasteiger partial charge in [-0.2, -0.15) is 0 Å². The molecule has 6 heteroatoms. The van der Waals surface area contributed by atoms with Crippen LogP contribution in [0.15, 0.2) is 18.2 Å². The lowest BCUT2D eigenvalue weighted by atomic mass is 10.2. The predicted octanol–water partition coefficient (Wildman–Crippen LogP) is 4.96. The molecule has 1 heterocycles. The summed E-state index contributed by atoms with van der Waals surface area (Å²) in [5.74, 6) is 0. The maximum Gasteiger partial charge on any atom is 0.149 e. The Labute approximate surface area is 133 Å². The molecule has 20 heavy (non-hydrogen) atoms. The SMILES string of the molecule is CCCNC(CC)c1nnc(-c2cc(Cl)ccc2Cl)s1. The maximum absolute atomic E-state index is 6.20. The summed E-state index contributed by atoms with van der Waals surface area (Å²) < 4.78 is 0. The molecule has 0 amide bonds. The molecule has 0 aliphatic carbocycles. The summed E-state index contributed by atoms with van der Waals surface area (Å²) in [4.78, 5) is 0. The molecule has 2 rings (SSSR count). The van der Waals surface area contributed by atoms with E-state index in [1.807, 2.05) is 6.07 Å². The van der Waals surface area contributed by atoms with Gasteiger partial charge in [0.1, 0.15) is 10.0 Å². The van der Waals surface area contributed by atoms with Gasteiger partial charge in [-0.25, -0.2) is 0 Å². The van der Waals surface area contributed by atoms with Gasteiger partial charge in [0, 0.05) is 10.6 Å². The molecule has 2 aromatic rings. The highest BCUT2D eigenvalue weighted by atomic mass is 35.5. The number of nitrogens with one attached hydrogen (secondary N) is 1. The first kappa shape index (κ1) is 15.7. The molecule has 3 nitrogen and oxygen atoms in total. The Morgan fingerprint density at radius 2 is 2.05 bits per heavy atom. The van der Waals surface area contributed by atoms with Crippen molar-refractivity contribution in [2.24, 2.45) is 0 Å². The molecule has 0 radical (unpaired) electrons. The zero-order valence-electron chi connectivity index (χ0n) is 11.5. The zero-order chi connectivity index (χ0) is 14.5. The fraction of sp³-hybridized carbons (Fsp3) is 0.429. The van der Waals surface area contributed by atoms with Crippen molar-refractivity contribution in [1.82, 2.24) is 15.5 Å². The summed E-state index contributed by atoms with van der Waals surface area (Å²) in [5, 5.41) is 15.1. The second-order valence-corrected chi connectivity index (χ2v) is 6.34. The molecule has 0 aliphatic rings. The Hall–Kier alpha value is -0.680. The molecule has 1 atom stereocenters. The van der Waals surface area contributed by atoms with Gasteiger partial charge in [-0.1, -0.05) is 48.4 Å². The maximum atomic E-state index is 6.20. The van der Waals surface area contributed by atoms with Crippen LogP contribution < -0.4 is 5.32 Å². The van der Waals surface area contributed by atoms with Crippen molar-refractivity contribution in [2.75, 3.05) is 6.54 Å². The highest BCUT2D eigenvalue weighted by Gasteiger charge is 2.16. The van der Waals surface area contributed by atoms with E-state index in [1.165, 1.54) is 0 Å². The lowest BCUT2D eigenvalue weighted by Crippen LogP contribution is -2.21. The van der Waals surface area contributed by atoms with Gasteiger partial charge in [0.25, 0.3) is 0 Å². The largest absolute Gasteiger partial charge is 0.308 e. The average Bonchev–Trinajstić information content (AvgIpc) is 2.92. The van der Waals surface area contributed by atoms with Gasteiger partial charge in [0.2, 0.25) is 0 Å². The van der Waals surface area contributed by atoms with Crippen LogP contribution in [0.25, 0.3) is 10.6 Å². The van der Waals surface area contributed by atoms with Crippen LogP contribution in [0.4, 0.5) is 0 Å². The fourth-order valence-corrected chi connectivity index (χ4v) is 3.34. The van der Waals surface area contributed by atoms with E-state index >= 15 is 0 Å². The van der Waals surface area contributed by atoms with Gasteiger partial charge >= 0.3 is 0 Å². The van der Waals surface area contributed by atoms with E-state index in [-0.39, 0.29) is 6.04 Å². The van der Waals surface area contributed by atoms with Crippen molar-refractivity contribution in [3.8, 4) is 10.6 Å². The number of benzene rings is 1. The van der Waals surface area contributed by atoms with Crippen LogP contribution >= 0.6 is 34.5 Å². The van der Waals surface area contributed by atoms with Crippen LogP contribution in [0.5, 0.6) is 0 Å². The van der Waals surface area contributed by atoms with Crippen LogP contribution in [-0.2, 0) is 0 Å². The molecular formula is C14H17Cl2N3S. The Bertz CT molecular complexity index is 571. The molecule has 108 valence electrons. The van der Waals surface area contributed by atoms with Crippen molar-refractivity contribution in [1.29, 1.82) is 0 Å². The summed E-state index contributed by atoms with van der Waals surface area (Å²) in [6.07, 6.45) is 2.08. The second kappa shape index (κ2) is 7.36. The fourth-order valence-electron chi connectivity index (χ4n) is 1.87. The summed E-state index contributed by atoms with van der Waals surface area (Å²) in [7, 11) is 0. The number of hydrogen-bond donors (Lipinski definition) is 1. The van der Waals surface area contributed by atoms with Crippen molar-refractivity contribution in [2.45, 2.75) is 32.7 Å². The van der Waals surface area contributed by atoms with Crippen molar-refractivity contribution in [3.63, 3.8) is 0 Å². The monoisotopic (exact) mass is 329 g/mol. The van der Waals surface area contributed by atoms with E-state index in [9.17, 15) is 0 Å². The lowest BCUT2D eigenvalue weighted by Gasteiger charge is -2.12. The third-order valence-electron chi connectivity index (χ3n) is 2.95. The highest BCUT2D eigenvalue weighted by molar-refractivity contribution is 7.14. The molecule has 1 unspecified atom stereocenters. The number of hydrogen-bond acceptors (Lipinski definition) is 4. The van der Waals surface area contributed by atoms with E-state index in [1.54, 1.807) is 23.5 Å². The third kappa shape index (κ3) is 3.70. The minimum absolute atomic E-state index is 0.249. The molecule has 1 N–H and O–H groups in total. The smallest absolute Gasteiger partial charge is 0.149 e. The molecule has 0 fully saturated rings. The van der Waals surface area contributed by atoms with Crippen LogP contribution in [0.1, 0.15) is 37.7 Å². The Morgan fingerprint density at radius 3 is 2.75 bits per heavy atom. The van der Waals surface area contributed by atoms with Crippen LogP contribution in [-0.4, -0.2) is 16.7 Å². The number of nitrogens with zero attached hydrogens (tertiary/aromatic N) is 2. The first-order valence-electron chi connectivity index (χ1n) is 6.67. The number of rotatable bonds is 6. The predicted molar refractivity (Wildman–Crippen MR) is 86.7 cm³/mol. The average molecular weight is 330 g/mol. The Kier molecular flexibility index (Phi) is 5.78. The molecule has 0 bridgehead atoms. The first-order chi connectivity index (χ1) is 9.65. The minimum atomic E-state index is 0.249. The van der Waals surface area contributed by atoms with Gasteiger partial charge in [-0.05, 0) is 37.6 Å². The first-order valence-corrected chi connectivity index (χ1v) is 8.25. The van der Waals surface area contributed by atoms with Crippen LogP contribution in [0.2, 0.25) is 10.0 Å². The quantitative estimate of drug-likeness (QED) is 0.813. The van der Waals surface area contributed by atoms with E-state index in [2.05, 4.69) is 29.4 Å². The topological polar surface area (TPSA) is 37.8 Å². The van der Waals surface area contributed by atoms with Crippen molar-refractivity contribution >= 4 is 34.5 Å². The second-order valence-electron chi connectivity index (χ2n) is 4.48. The summed E-state index contributed by atoms with van der Waals surface area (Å²) in [5.41, 5.74) is 0.841. The molecular weight excluding hydrogens is 313 g/mol. The molecule has 0 saturated heterocycles. The van der Waals surface area contributed by atoms with Gasteiger partial charge in [-0.15, -0.1) is 10.2 Å². The summed E-state index contributed by atoms with van der Waals surface area (Å²) in [6.45, 7) is 5.27. The molecule has 0 saturated carbocycles. The highest BCUT2D eigenvalue weighted by Crippen LogP contribution is 2.34. The van der Waals surface area contributed by atoms with E-state index < -0.39 is 0 Å².